The predicted molar refractivity (Wildman–Crippen MR) is 107 cm³/mol. The Bertz CT molecular complexity index is 1010. The molecule has 0 saturated carbocycles. The maximum Gasteiger partial charge on any atom is 0.338 e. The van der Waals surface area contributed by atoms with Crippen LogP contribution in [0.1, 0.15) is 31.8 Å². The highest BCUT2D eigenvalue weighted by Crippen LogP contribution is 2.18. The summed E-state index contributed by atoms with van der Waals surface area (Å²) in [6.07, 6.45) is 0. The molecule has 3 rings (SSSR count). The maximum absolute atomic E-state index is 12.6. The summed E-state index contributed by atoms with van der Waals surface area (Å²) < 4.78 is 36.8. The fraction of sp³-hybridized carbons (Fsp3) is 0.333. The molecule has 1 aliphatic rings. The molecular weight excluding hydrogens is 394 g/mol. The smallest absolute Gasteiger partial charge is 0.338 e. The van der Waals surface area contributed by atoms with Gasteiger partial charge in [-0.25, -0.2) is 13.2 Å². The number of nitrogens with zero attached hydrogens (tertiary/aromatic N) is 1. The van der Waals surface area contributed by atoms with Crippen molar-refractivity contribution in [1.29, 1.82) is 0 Å². The highest BCUT2D eigenvalue weighted by atomic mass is 32.2. The largest absolute Gasteiger partial charge is 0.454 e. The molecule has 1 heterocycles. The Balaban J connectivity index is 1.62. The summed E-state index contributed by atoms with van der Waals surface area (Å²) in [4.78, 5) is 24.5. The minimum atomic E-state index is -3.63. The molecule has 1 aliphatic heterocycles. The molecule has 8 heteroatoms. The topological polar surface area (TPSA) is 90.0 Å². The number of carbonyl (C=O) groups is 2. The lowest BCUT2D eigenvalue weighted by atomic mass is 10.0. The second-order valence-corrected chi connectivity index (χ2v) is 8.78. The molecule has 0 aliphatic carbocycles. The van der Waals surface area contributed by atoms with E-state index in [-0.39, 0.29) is 22.8 Å². The van der Waals surface area contributed by atoms with E-state index in [2.05, 4.69) is 0 Å². The summed E-state index contributed by atoms with van der Waals surface area (Å²) in [6, 6.07) is 10.8. The Hall–Kier alpha value is -2.55. The summed E-state index contributed by atoms with van der Waals surface area (Å²) in [5, 5.41) is 0. The number of benzene rings is 2. The van der Waals surface area contributed by atoms with Gasteiger partial charge in [0.25, 0.3) is 0 Å². The first-order chi connectivity index (χ1) is 13.8. The van der Waals surface area contributed by atoms with E-state index in [9.17, 15) is 18.0 Å². The van der Waals surface area contributed by atoms with E-state index in [0.29, 0.717) is 31.9 Å². The van der Waals surface area contributed by atoms with Gasteiger partial charge in [-0.05, 0) is 55.3 Å². The van der Waals surface area contributed by atoms with Gasteiger partial charge < -0.3 is 9.47 Å². The number of rotatable bonds is 6. The third-order valence-corrected chi connectivity index (χ3v) is 6.77. The van der Waals surface area contributed by atoms with Gasteiger partial charge in [0.05, 0.1) is 23.7 Å². The second-order valence-electron chi connectivity index (χ2n) is 6.84. The third kappa shape index (κ3) is 4.90. The molecule has 1 fully saturated rings. The summed E-state index contributed by atoms with van der Waals surface area (Å²) in [5.74, 6) is -0.981. The van der Waals surface area contributed by atoms with E-state index in [1.165, 1.54) is 28.6 Å². The van der Waals surface area contributed by atoms with Crippen molar-refractivity contribution in [3.05, 3.63) is 64.7 Å². The normalized spacial score (nSPS) is 15.1. The second kappa shape index (κ2) is 8.86. The molecule has 0 bridgehead atoms. The fourth-order valence-corrected chi connectivity index (χ4v) is 4.32. The number of esters is 1. The average Bonchev–Trinajstić information content (AvgIpc) is 2.74. The first kappa shape index (κ1) is 21.2. The highest BCUT2D eigenvalue weighted by Gasteiger charge is 2.26. The van der Waals surface area contributed by atoms with Crippen molar-refractivity contribution in [3.8, 4) is 0 Å². The number of ketones is 1. The summed E-state index contributed by atoms with van der Waals surface area (Å²) in [5.41, 5.74) is 2.72. The molecule has 0 aromatic heterocycles. The number of sulfonamides is 1. The number of morpholine rings is 1. The van der Waals surface area contributed by atoms with Crippen LogP contribution >= 0.6 is 0 Å². The molecule has 0 unspecified atom stereocenters. The van der Waals surface area contributed by atoms with Gasteiger partial charge in [0.2, 0.25) is 10.0 Å². The van der Waals surface area contributed by atoms with Gasteiger partial charge in [0.15, 0.2) is 12.4 Å². The van der Waals surface area contributed by atoms with Crippen molar-refractivity contribution in [1.82, 2.24) is 4.31 Å². The highest BCUT2D eigenvalue weighted by molar-refractivity contribution is 7.89. The number of Topliss-reactive ketones (excluding diaryl/α,β-unsaturated/α-hetero) is 1. The lowest BCUT2D eigenvalue weighted by Crippen LogP contribution is -2.40. The zero-order valence-corrected chi connectivity index (χ0v) is 17.2. The van der Waals surface area contributed by atoms with Crippen molar-refractivity contribution < 1.29 is 27.5 Å². The fourth-order valence-electron chi connectivity index (χ4n) is 2.91. The Morgan fingerprint density at radius 2 is 1.59 bits per heavy atom. The summed E-state index contributed by atoms with van der Waals surface area (Å²) in [7, 11) is -3.63. The van der Waals surface area contributed by atoms with Crippen molar-refractivity contribution in [2.24, 2.45) is 0 Å². The van der Waals surface area contributed by atoms with Crippen LogP contribution in [-0.2, 0) is 19.5 Å². The molecule has 0 amide bonds. The Morgan fingerprint density at radius 3 is 2.21 bits per heavy atom. The van der Waals surface area contributed by atoms with Crippen LogP contribution in [-0.4, -0.2) is 57.4 Å². The van der Waals surface area contributed by atoms with Gasteiger partial charge in [0, 0.05) is 18.7 Å². The van der Waals surface area contributed by atoms with Gasteiger partial charge in [-0.15, -0.1) is 0 Å². The van der Waals surface area contributed by atoms with Gasteiger partial charge >= 0.3 is 5.97 Å². The molecule has 154 valence electrons. The molecular formula is C21H23NO6S. The van der Waals surface area contributed by atoms with Crippen LogP contribution < -0.4 is 0 Å². The average molecular weight is 417 g/mol. The van der Waals surface area contributed by atoms with Crippen LogP contribution in [0.3, 0.4) is 0 Å². The van der Waals surface area contributed by atoms with Gasteiger partial charge in [-0.3, -0.25) is 4.79 Å². The zero-order valence-electron chi connectivity index (χ0n) is 16.4. The van der Waals surface area contributed by atoms with Gasteiger partial charge in [0.1, 0.15) is 0 Å². The maximum atomic E-state index is 12.6. The van der Waals surface area contributed by atoms with Gasteiger partial charge in [-0.2, -0.15) is 4.31 Å². The molecule has 1 saturated heterocycles. The monoisotopic (exact) mass is 417 g/mol. The van der Waals surface area contributed by atoms with Crippen molar-refractivity contribution in [2.45, 2.75) is 18.7 Å². The van der Waals surface area contributed by atoms with E-state index in [1.54, 1.807) is 12.1 Å². The van der Waals surface area contributed by atoms with Crippen LogP contribution in [0.25, 0.3) is 0 Å². The Kier molecular flexibility index (Phi) is 6.46. The lowest BCUT2D eigenvalue weighted by Gasteiger charge is -2.26. The van der Waals surface area contributed by atoms with Gasteiger partial charge in [-0.1, -0.05) is 12.1 Å². The quantitative estimate of drug-likeness (QED) is 0.529. The number of hydrogen-bond donors (Lipinski definition) is 0. The van der Waals surface area contributed by atoms with Crippen LogP contribution in [0, 0.1) is 13.8 Å². The molecule has 2 aromatic rings. The summed E-state index contributed by atoms with van der Waals surface area (Å²) in [6.45, 7) is 4.79. The van der Waals surface area contributed by atoms with Crippen LogP contribution in [0.5, 0.6) is 0 Å². The third-order valence-electron chi connectivity index (χ3n) is 4.86. The van der Waals surface area contributed by atoms with Crippen LogP contribution in [0.15, 0.2) is 47.4 Å². The van der Waals surface area contributed by atoms with E-state index in [4.69, 9.17) is 9.47 Å². The Morgan fingerprint density at radius 1 is 0.966 bits per heavy atom. The number of hydrogen-bond acceptors (Lipinski definition) is 6. The number of aryl methyl sites for hydroxylation is 2. The number of carbonyl (C=O) groups excluding carboxylic acids is 2. The minimum absolute atomic E-state index is 0.0992. The standard InChI is InChI=1S/C21H23NO6S/c1-15-3-4-18(13-16(15)2)20(23)14-28-21(24)17-5-7-19(8-6-17)29(25,26)22-9-11-27-12-10-22/h3-8,13H,9-12,14H2,1-2H3. The molecule has 7 nitrogen and oxygen atoms in total. The van der Waals surface area contributed by atoms with E-state index in [1.807, 2.05) is 19.9 Å². The Labute approximate surface area is 170 Å². The van der Waals surface area contributed by atoms with E-state index in [0.717, 1.165) is 11.1 Å². The van der Waals surface area contributed by atoms with Crippen molar-refractivity contribution in [2.75, 3.05) is 32.9 Å². The first-order valence-corrected chi connectivity index (χ1v) is 10.7. The summed E-state index contributed by atoms with van der Waals surface area (Å²) >= 11 is 0. The molecule has 0 radical (unpaired) electrons. The molecule has 29 heavy (non-hydrogen) atoms. The van der Waals surface area contributed by atoms with Crippen LogP contribution in [0.4, 0.5) is 0 Å². The zero-order chi connectivity index (χ0) is 21.0. The lowest BCUT2D eigenvalue weighted by molar-refractivity contribution is 0.0474. The van der Waals surface area contributed by atoms with Crippen molar-refractivity contribution in [3.63, 3.8) is 0 Å². The molecule has 0 atom stereocenters. The van der Waals surface area contributed by atoms with E-state index >= 15 is 0 Å². The minimum Gasteiger partial charge on any atom is -0.454 e. The molecule has 0 spiro atoms. The van der Waals surface area contributed by atoms with Crippen molar-refractivity contribution >= 4 is 21.8 Å². The predicted octanol–water partition coefficient (Wildman–Crippen LogP) is 2.36. The molecule has 0 N–H and O–H groups in total. The van der Waals surface area contributed by atoms with E-state index < -0.39 is 16.0 Å². The van der Waals surface area contributed by atoms with Crippen LogP contribution in [0.2, 0.25) is 0 Å². The first-order valence-electron chi connectivity index (χ1n) is 9.24. The SMILES string of the molecule is Cc1ccc(C(=O)COC(=O)c2ccc(S(=O)(=O)N3CCOCC3)cc2)cc1C. The number of ether oxygens (including phenoxy) is 2. The molecule has 2 aromatic carbocycles.